The summed E-state index contributed by atoms with van der Waals surface area (Å²) in [6, 6.07) is 0.0468. The quantitative estimate of drug-likeness (QED) is 0.732. The van der Waals surface area contributed by atoms with Crippen LogP contribution in [0.2, 0.25) is 0 Å². The molecule has 1 aliphatic rings. The van der Waals surface area contributed by atoms with E-state index >= 15 is 0 Å². The normalized spacial score (nSPS) is 15.3. The molecule has 1 saturated heterocycles. The van der Waals surface area contributed by atoms with Gasteiger partial charge in [0, 0.05) is 51.0 Å². The van der Waals surface area contributed by atoms with Crippen molar-refractivity contribution < 1.29 is 4.79 Å². The zero-order chi connectivity index (χ0) is 13.1. The zero-order valence-corrected chi connectivity index (χ0v) is 11.3. The highest BCUT2D eigenvalue weighted by Crippen LogP contribution is 2.10. The van der Waals surface area contributed by atoms with Gasteiger partial charge in [-0.05, 0) is 13.8 Å². The Kier molecular flexibility index (Phi) is 3.86. The van der Waals surface area contributed by atoms with Crippen molar-refractivity contribution in [3.63, 3.8) is 0 Å². The van der Waals surface area contributed by atoms with Gasteiger partial charge in [-0.3, -0.25) is 4.68 Å². The summed E-state index contributed by atoms with van der Waals surface area (Å²) in [4.78, 5) is 13.2. The summed E-state index contributed by atoms with van der Waals surface area (Å²) in [7, 11) is 1.96. The first-order valence-electron chi connectivity index (χ1n) is 6.32. The number of hydrogen-bond donors (Lipinski definition) is 2. The van der Waals surface area contributed by atoms with Gasteiger partial charge < -0.3 is 15.5 Å². The Morgan fingerprint density at radius 3 is 2.78 bits per heavy atom. The van der Waals surface area contributed by atoms with Crippen LogP contribution in [-0.4, -0.2) is 46.9 Å². The van der Waals surface area contributed by atoms with Gasteiger partial charge >= 0.3 is 6.03 Å². The summed E-state index contributed by atoms with van der Waals surface area (Å²) < 4.78 is 1.90. The molecule has 18 heavy (non-hydrogen) atoms. The van der Waals surface area contributed by atoms with Crippen molar-refractivity contribution in [2.45, 2.75) is 20.4 Å². The van der Waals surface area contributed by atoms with Crippen LogP contribution in [0.15, 0.2) is 0 Å². The number of aromatic nitrogens is 2. The molecule has 0 radical (unpaired) electrons. The maximum absolute atomic E-state index is 11.3. The van der Waals surface area contributed by atoms with Gasteiger partial charge in [0.05, 0.1) is 5.69 Å². The van der Waals surface area contributed by atoms with Crippen molar-refractivity contribution in [2.75, 3.05) is 26.2 Å². The molecule has 1 aromatic heterocycles. The number of urea groups is 1. The number of rotatable bonds is 5. The van der Waals surface area contributed by atoms with Gasteiger partial charge in [0.1, 0.15) is 0 Å². The second-order valence-electron chi connectivity index (χ2n) is 4.67. The van der Waals surface area contributed by atoms with Gasteiger partial charge in [0.2, 0.25) is 0 Å². The van der Waals surface area contributed by atoms with Crippen LogP contribution in [0.4, 0.5) is 4.79 Å². The molecule has 2 heterocycles. The number of amides is 2. The van der Waals surface area contributed by atoms with Crippen molar-refractivity contribution in [3.05, 3.63) is 17.0 Å². The lowest BCUT2D eigenvalue weighted by Crippen LogP contribution is -2.34. The average molecular weight is 251 g/mol. The molecule has 1 aliphatic heterocycles. The molecule has 0 aliphatic carbocycles. The summed E-state index contributed by atoms with van der Waals surface area (Å²) in [5, 5.41) is 10.5. The van der Waals surface area contributed by atoms with Crippen molar-refractivity contribution >= 4 is 6.03 Å². The van der Waals surface area contributed by atoms with Crippen molar-refractivity contribution in [3.8, 4) is 0 Å². The fraction of sp³-hybridized carbons (Fsp3) is 0.667. The Bertz CT molecular complexity index is 440. The van der Waals surface area contributed by atoms with Crippen LogP contribution >= 0.6 is 0 Å². The molecule has 6 nitrogen and oxygen atoms in total. The van der Waals surface area contributed by atoms with Gasteiger partial charge in [0.25, 0.3) is 0 Å². The Hall–Kier alpha value is -1.56. The third-order valence-corrected chi connectivity index (χ3v) is 3.46. The smallest absolute Gasteiger partial charge is 0.317 e. The SMILES string of the molecule is Cc1nn(C)c(C)c1CNCCN1CCNC1=O. The Balaban J connectivity index is 1.77. The number of carbonyl (C=O) groups is 1. The van der Waals surface area contributed by atoms with Crippen LogP contribution < -0.4 is 10.6 Å². The lowest BCUT2D eigenvalue weighted by molar-refractivity contribution is 0.217. The Morgan fingerprint density at radius 1 is 1.44 bits per heavy atom. The molecule has 1 fully saturated rings. The van der Waals surface area contributed by atoms with Crippen LogP contribution in [0.1, 0.15) is 17.0 Å². The topological polar surface area (TPSA) is 62.2 Å². The molecule has 0 unspecified atom stereocenters. The zero-order valence-electron chi connectivity index (χ0n) is 11.3. The maximum atomic E-state index is 11.3. The average Bonchev–Trinajstić information content (AvgIpc) is 2.83. The Labute approximate surface area is 107 Å². The minimum absolute atomic E-state index is 0.0468. The van der Waals surface area contributed by atoms with Crippen molar-refractivity contribution in [2.24, 2.45) is 7.05 Å². The summed E-state index contributed by atoms with van der Waals surface area (Å²) in [6.45, 7) is 8.04. The van der Waals surface area contributed by atoms with Gasteiger partial charge in [-0.1, -0.05) is 0 Å². The molecule has 0 spiro atoms. The summed E-state index contributed by atoms with van der Waals surface area (Å²) in [5.74, 6) is 0. The van der Waals surface area contributed by atoms with E-state index in [1.807, 2.05) is 23.6 Å². The molecular weight excluding hydrogens is 230 g/mol. The molecule has 6 heteroatoms. The van der Waals surface area contributed by atoms with E-state index in [4.69, 9.17) is 0 Å². The number of hydrogen-bond acceptors (Lipinski definition) is 3. The second kappa shape index (κ2) is 5.39. The molecule has 2 rings (SSSR count). The first-order chi connectivity index (χ1) is 8.59. The van der Waals surface area contributed by atoms with Crippen molar-refractivity contribution in [1.29, 1.82) is 0 Å². The fourth-order valence-electron chi connectivity index (χ4n) is 2.23. The Morgan fingerprint density at radius 2 is 2.22 bits per heavy atom. The van der Waals surface area contributed by atoms with Gasteiger partial charge in [-0.15, -0.1) is 0 Å². The molecule has 0 atom stereocenters. The minimum atomic E-state index is 0.0468. The summed E-state index contributed by atoms with van der Waals surface area (Å²) in [6.07, 6.45) is 0. The molecule has 2 amide bonds. The second-order valence-corrected chi connectivity index (χ2v) is 4.67. The van der Waals surface area contributed by atoms with Gasteiger partial charge in [-0.2, -0.15) is 5.10 Å². The van der Waals surface area contributed by atoms with E-state index < -0.39 is 0 Å². The van der Waals surface area contributed by atoms with Gasteiger partial charge in [0.15, 0.2) is 0 Å². The van der Waals surface area contributed by atoms with Crippen LogP contribution in [0.5, 0.6) is 0 Å². The lowest BCUT2D eigenvalue weighted by Gasteiger charge is -2.14. The van der Waals surface area contributed by atoms with Gasteiger partial charge in [-0.25, -0.2) is 4.79 Å². The minimum Gasteiger partial charge on any atom is -0.336 e. The van der Waals surface area contributed by atoms with E-state index in [2.05, 4.69) is 22.7 Å². The molecule has 0 bridgehead atoms. The van der Waals surface area contributed by atoms with E-state index in [9.17, 15) is 4.79 Å². The summed E-state index contributed by atoms with van der Waals surface area (Å²) in [5.41, 5.74) is 3.52. The summed E-state index contributed by atoms with van der Waals surface area (Å²) >= 11 is 0. The highest BCUT2D eigenvalue weighted by molar-refractivity contribution is 5.76. The number of aryl methyl sites for hydroxylation is 2. The predicted octanol–water partition coefficient (Wildman–Crippen LogP) is 0.152. The van der Waals surface area contributed by atoms with E-state index in [-0.39, 0.29) is 6.03 Å². The number of nitrogens with one attached hydrogen (secondary N) is 2. The predicted molar refractivity (Wildman–Crippen MR) is 69.4 cm³/mol. The third-order valence-electron chi connectivity index (χ3n) is 3.46. The van der Waals surface area contributed by atoms with E-state index in [1.54, 1.807) is 0 Å². The highest BCUT2D eigenvalue weighted by Gasteiger charge is 2.18. The van der Waals surface area contributed by atoms with Crippen LogP contribution in [0.3, 0.4) is 0 Å². The van der Waals surface area contributed by atoms with Crippen LogP contribution in [0, 0.1) is 13.8 Å². The van der Waals surface area contributed by atoms with Crippen LogP contribution in [0.25, 0.3) is 0 Å². The molecular formula is C12H21N5O. The molecule has 100 valence electrons. The molecule has 0 saturated carbocycles. The number of nitrogens with zero attached hydrogens (tertiary/aromatic N) is 3. The number of carbonyl (C=O) groups excluding carboxylic acids is 1. The lowest BCUT2D eigenvalue weighted by atomic mass is 10.2. The van der Waals surface area contributed by atoms with E-state index in [1.165, 1.54) is 11.3 Å². The fourth-order valence-corrected chi connectivity index (χ4v) is 2.23. The standard InChI is InChI=1S/C12H21N5O/c1-9-11(10(2)16(3)15-9)8-13-4-6-17-7-5-14-12(17)18/h13H,4-8H2,1-3H3,(H,14,18). The first-order valence-corrected chi connectivity index (χ1v) is 6.32. The molecule has 0 aromatic carbocycles. The molecule has 1 aromatic rings. The maximum Gasteiger partial charge on any atom is 0.317 e. The monoisotopic (exact) mass is 251 g/mol. The highest BCUT2D eigenvalue weighted by atomic mass is 16.2. The van der Waals surface area contributed by atoms with Crippen molar-refractivity contribution in [1.82, 2.24) is 25.3 Å². The largest absolute Gasteiger partial charge is 0.336 e. The van der Waals surface area contributed by atoms with E-state index in [0.29, 0.717) is 0 Å². The molecule has 2 N–H and O–H groups in total. The van der Waals surface area contributed by atoms with E-state index in [0.717, 1.165) is 38.4 Å². The third kappa shape index (κ3) is 2.64. The first kappa shape index (κ1) is 12.9. The van der Waals surface area contributed by atoms with Crippen LogP contribution in [-0.2, 0) is 13.6 Å².